The second-order valence-electron chi connectivity index (χ2n) is 8.51. The van der Waals surface area contributed by atoms with Gasteiger partial charge in [0.15, 0.2) is 5.65 Å². The van der Waals surface area contributed by atoms with Crippen LogP contribution in [0, 0.1) is 12.8 Å². The third-order valence-electron chi connectivity index (χ3n) is 6.11. The summed E-state index contributed by atoms with van der Waals surface area (Å²) >= 11 is 4.05. The Labute approximate surface area is 212 Å². The number of imidazole rings is 1. The van der Waals surface area contributed by atoms with Crippen molar-refractivity contribution in [1.29, 1.82) is 0 Å². The number of anilines is 3. The maximum Gasteiger partial charge on any atom is 0.228 e. The normalized spacial score (nSPS) is 18.8. The first-order valence-electron chi connectivity index (χ1n) is 11.2. The highest BCUT2D eigenvalue weighted by atomic mass is 127. The summed E-state index contributed by atoms with van der Waals surface area (Å²) < 4.78 is 8.08. The Kier molecular flexibility index (Phi) is 7.11. The fraction of sp³-hybridized carbons (Fsp3) is 0.435. The zero-order valence-electron chi connectivity index (χ0n) is 18.7. The van der Waals surface area contributed by atoms with Crippen molar-refractivity contribution in [1.82, 2.24) is 14.3 Å². The number of nitrogens with zero attached hydrogens (tertiary/aromatic N) is 3. The Hall–Kier alpha value is -1.42. The SMILES string of the molecule is CSc1cc(C2CCCCO2)ccc1Nc1cc(NC(=O)C2CC2)nc2c1nc(C)n2PI. The van der Waals surface area contributed by atoms with Crippen molar-refractivity contribution in [3.8, 4) is 0 Å². The van der Waals surface area contributed by atoms with E-state index in [0.717, 1.165) is 65.5 Å². The van der Waals surface area contributed by atoms with Crippen molar-refractivity contribution in [2.24, 2.45) is 5.92 Å². The number of thioether (sulfide) groups is 1. The van der Waals surface area contributed by atoms with E-state index < -0.39 is 0 Å². The van der Waals surface area contributed by atoms with Gasteiger partial charge in [-0.3, -0.25) is 9.13 Å². The summed E-state index contributed by atoms with van der Waals surface area (Å²) in [6, 6.07) is 8.41. The van der Waals surface area contributed by atoms with Gasteiger partial charge in [-0.05, 0) is 85.0 Å². The minimum Gasteiger partial charge on any atom is -0.374 e. The van der Waals surface area contributed by atoms with Crippen LogP contribution >= 0.6 is 40.2 Å². The molecule has 1 saturated carbocycles. The molecular weight excluding hydrogens is 568 g/mol. The minimum atomic E-state index is 0.0501. The average molecular weight is 595 g/mol. The molecule has 2 aliphatic rings. The lowest BCUT2D eigenvalue weighted by molar-refractivity contribution is -0.117. The molecular formula is C23H27IN5O2PS. The number of carbonyl (C=O) groups is 1. The highest BCUT2D eigenvalue weighted by Gasteiger charge is 2.30. The maximum absolute atomic E-state index is 12.4. The Morgan fingerprint density at radius 3 is 2.76 bits per heavy atom. The van der Waals surface area contributed by atoms with E-state index in [0.29, 0.717) is 12.2 Å². The van der Waals surface area contributed by atoms with E-state index in [4.69, 9.17) is 14.7 Å². The van der Waals surface area contributed by atoms with Crippen LogP contribution in [0.4, 0.5) is 17.2 Å². The van der Waals surface area contributed by atoms with Crippen LogP contribution in [0.2, 0.25) is 0 Å². The highest BCUT2D eigenvalue weighted by molar-refractivity contribution is 14.2. The largest absolute Gasteiger partial charge is 0.374 e. The molecule has 1 aliphatic heterocycles. The number of nitrogens with one attached hydrogen (secondary N) is 2. The first-order chi connectivity index (χ1) is 16.1. The van der Waals surface area contributed by atoms with E-state index >= 15 is 0 Å². The number of hydrogen-bond acceptors (Lipinski definition) is 6. The maximum atomic E-state index is 12.4. The Bertz CT molecular complexity index is 1190. The summed E-state index contributed by atoms with van der Waals surface area (Å²) in [5.74, 6) is 1.65. The smallest absolute Gasteiger partial charge is 0.228 e. The zero-order chi connectivity index (χ0) is 22.9. The van der Waals surface area contributed by atoms with Gasteiger partial charge < -0.3 is 15.4 Å². The second kappa shape index (κ2) is 10.1. The molecule has 2 fully saturated rings. The van der Waals surface area contributed by atoms with Crippen LogP contribution in [0.3, 0.4) is 0 Å². The summed E-state index contributed by atoms with van der Waals surface area (Å²) in [4.78, 5) is 23.1. The summed E-state index contributed by atoms with van der Waals surface area (Å²) in [7, 11) is 0. The van der Waals surface area contributed by atoms with Crippen LogP contribution in [0.1, 0.15) is 49.6 Å². The Balaban J connectivity index is 1.51. The molecule has 5 rings (SSSR count). The Morgan fingerprint density at radius 1 is 1.21 bits per heavy atom. The molecule has 1 amide bonds. The molecule has 7 nitrogen and oxygen atoms in total. The molecule has 2 N–H and O–H groups in total. The molecule has 0 bridgehead atoms. The van der Waals surface area contributed by atoms with Gasteiger partial charge in [0, 0.05) is 23.5 Å². The topological polar surface area (TPSA) is 81.1 Å². The molecule has 2 atom stereocenters. The fourth-order valence-corrected chi connectivity index (χ4v) is 6.88. The number of benzene rings is 1. The average Bonchev–Trinajstić information content (AvgIpc) is 3.63. The van der Waals surface area contributed by atoms with Crippen molar-refractivity contribution >= 4 is 74.4 Å². The van der Waals surface area contributed by atoms with Crippen molar-refractivity contribution in [2.45, 2.75) is 50.0 Å². The van der Waals surface area contributed by atoms with Crippen LogP contribution in [0.5, 0.6) is 0 Å². The number of aryl methyl sites for hydroxylation is 1. The summed E-state index contributed by atoms with van der Waals surface area (Å²) in [5.41, 5.74) is 4.69. The van der Waals surface area contributed by atoms with E-state index in [1.165, 1.54) is 12.0 Å². The van der Waals surface area contributed by atoms with E-state index in [9.17, 15) is 4.79 Å². The zero-order valence-corrected chi connectivity index (χ0v) is 22.6. The van der Waals surface area contributed by atoms with Crippen molar-refractivity contribution < 1.29 is 9.53 Å². The van der Waals surface area contributed by atoms with Crippen LogP contribution in [0.15, 0.2) is 29.2 Å². The van der Waals surface area contributed by atoms with Crippen LogP contribution in [-0.4, -0.2) is 33.1 Å². The summed E-state index contributed by atoms with van der Waals surface area (Å²) in [6.07, 6.45) is 8.09. The number of ether oxygens (including phenoxy) is 1. The third kappa shape index (κ3) is 5.01. The van der Waals surface area contributed by atoms with Crippen molar-refractivity contribution in [3.63, 3.8) is 0 Å². The Morgan fingerprint density at radius 2 is 2.06 bits per heavy atom. The molecule has 3 aromatic rings. The number of fused-ring (bicyclic) bond motifs is 1. The van der Waals surface area contributed by atoms with Crippen LogP contribution < -0.4 is 10.6 Å². The third-order valence-corrected chi connectivity index (χ3v) is 9.04. The van der Waals surface area contributed by atoms with Gasteiger partial charge in [0.2, 0.25) is 5.91 Å². The van der Waals surface area contributed by atoms with Gasteiger partial charge in [0.1, 0.15) is 17.2 Å². The van der Waals surface area contributed by atoms with Crippen molar-refractivity contribution in [2.75, 3.05) is 23.5 Å². The standard InChI is InChI=1S/C23H27IN5O2PS/c1-13-25-21-17(12-20(27-22(21)29(13)32-24)28-23(30)14-6-7-14)26-16-9-8-15(11-19(16)33-2)18-5-3-4-10-31-18/h8-9,11-12,14,18,32H,3-7,10H2,1-2H3,(H2,26,27,28,30). The van der Waals surface area contributed by atoms with Crippen molar-refractivity contribution in [3.05, 3.63) is 35.7 Å². The predicted molar refractivity (Wildman–Crippen MR) is 145 cm³/mol. The van der Waals surface area contributed by atoms with Gasteiger partial charge in [0.05, 0.1) is 23.9 Å². The number of carbonyl (C=O) groups excluding carboxylic acids is 1. The summed E-state index contributed by atoms with van der Waals surface area (Å²) in [5, 5.41) is 6.60. The highest BCUT2D eigenvalue weighted by Crippen LogP contribution is 2.39. The van der Waals surface area contributed by atoms with Gasteiger partial charge in [-0.1, -0.05) is 6.07 Å². The number of rotatable bonds is 7. The van der Waals surface area contributed by atoms with E-state index in [1.807, 2.05) is 13.0 Å². The molecule has 1 aliphatic carbocycles. The van der Waals surface area contributed by atoms with Gasteiger partial charge in [-0.15, -0.1) is 11.8 Å². The molecule has 10 heteroatoms. The van der Waals surface area contributed by atoms with Gasteiger partial charge in [-0.2, -0.15) is 0 Å². The van der Waals surface area contributed by atoms with Gasteiger partial charge in [-0.25, -0.2) is 9.97 Å². The monoisotopic (exact) mass is 595 g/mol. The molecule has 0 spiro atoms. The first-order valence-corrected chi connectivity index (χ1v) is 16.5. The van der Waals surface area contributed by atoms with Gasteiger partial charge >= 0.3 is 0 Å². The lowest BCUT2D eigenvalue weighted by Crippen LogP contribution is -2.14. The van der Waals surface area contributed by atoms with E-state index in [-0.39, 0.29) is 17.9 Å². The quantitative estimate of drug-likeness (QED) is 0.182. The molecule has 1 saturated heterocycles. The van der Waals surface area contributed by atoms with E-state index in [2.05, 4.69) is 61.5 Å². The second-order valence-corrected chi connectivity index (χ2v) is 11.4. The molecule has 2 unspecified atom stereocenters. The summed E-state index contributed by atoms with van der Waals surface area (Å²) in [6.45, 7) is 2.83. The predicted octanol–water partition coefficient (Wildman–Crippen LogP) is 6.59. The lowest BCUT2D eigenvalue weighted by Gasteiger charge is -2.24. The molecule has 0 radical (unpaired) electrons. The number of amides is 1. The number of pyridine rings is 1. The lowest BCUT2D eigenvalue weighted by atomic mass is 10.0. The van der Waals surface area contributed by atoms with E-state index in [1.54, 1.807) is 11.8 Å². The fourth-order valence-electron chi connectivity index (χ4n) is 4.15. The molecule has 174 valence electrons. The number of hydrogen-bond donors (Lipinski definition) is 2. The van der Waals surface area contributed by atoms with Crippen LogP contribution in [0.25, 0.3) is 11.2 Å². The number of aromatic nitrogens is 3. The molecule has 1 aromatic carbocycles. The molecule has 33 heavy (non-hydrogen) atoms. The van der Waals surface area contributed by atoms with Crippen LogP contribution in [-0.2, 0) is 9.53 Å². The molecule has 2 aromatic heterocycles. The van der Waals surface area contributed by atoms with Gasteiger partial charge in [0.25, 0.3) is 0 Å². The number of halogens is 1. The molecule has 3 heterocycles. The minimum absolute atomic E-state index is 0.0501. The first kappa shape index (κ1) is 23.3.